The van der Waals surface area contributed by atoms with Crippen LogP contribution in [0.1, 0.15) is 26.2 Å². The Kier molecular flexibility index (Phi) is 4.22. The molecule has 4 rings (SSSR count). The third-order valence-corrected chi connectivity index (χ3v) is 5.11. The Morgan fingerprint density at radius 3 is 2.44 bits per heavy atom. The summed E-state index contributed by atoms with van der Waals surface area (Å²) in [7, 11) is 3.15. The van der Waals surface area contributed by atoms with E-state index in [2.05, 4.69) is 28.6 Å². The summed E-state index contributed by atoms with van der Waals surface area (Å²) in [4.78, 5) is 29.7. The number of rotatable bonds is 5. The van der Waals surface area contributed by atoms with Crippen LogP contribution in [0.3, 0.4) is 0 Å². The van der Waals surface area contributed by atoms with Crippen molar-refractivity contribution in [2.24, 2.45) is 14.1 Å². The summed E-state index contributed by atoms with van der Waals surface area (Å²) in [5.74, 6) is 0.693. The van der Waals surface area contributed by atoms with Gasteiger partial charge in [0.05, 0.1) is 5.69 Å². The monoisotopic (exact) mass is 365 g/mol. The fraction of sp³-hybridized carbons (Fsp3) is 0.350. The summed E-state index contributed by atoms with van der Waals surface area (Å²) in [5, 5.41) is 0. The van der Waals surface area contributed by atoms with E-state index in [0.29, 0.717) is 16.9 Å². The van der Waals surface area contributed by atoms with Crippen molar-refractivity contribution in [2.45, 2.75) is 32.7 Å². The van der Waals surface area contributed by atoms with Crippen LogP contribution in [0, 0.1) is 0 Å². The normalized spacial score (nSPS) is 11.7. The number of unbranched alkanes of at least 4 members (excludes halogenated alkanes) is 2. The molecule has 0 bridgehead atoms. The van der Waals surface area contributed by atoms with Gasteiger partial charge >= 0.3 is 5.69 Å². The van der Waals surface area contributed by atoms with Crippen molar-refractivity contribution in [1.29, 1.82) is 0 Å². The largest absolute Gasteiger partial charge is 0.332 e. The number of fused-ring (bicyclic) bond motifs is 3. The van der Waals surface area contributed by atoms with Gasteiger partial charge in [-0.3, -0.25) is 18.3 Å². The molecule has 1 aromatic carbocycles. The van der Waals surface area contributed by atoms with Crippen molar-refractivity contribution >= 4 is 16.9 Å². The zero-order chi connectivity index (χ0) is 19.1. The Hall–Kier alpha value is -3.09. The highest BCUT2D eigenvalue weighted by molar-refractivity contribution is 5.78. The molecule has 3 heterocycles. The first-order chi connectivity index (χ1) is 13.0. The van der Waals surface area contributed by atoms with Gasteiger partial charge in [-0.15, -0.1) is 0 Å². The first-order valence-corrected chi connectivity index (χ1v) is 9.27. The lowest BCUT2D eigenvalue weighted by Gasteiger charge is -2.08. The van der Waals surface area contributed by atoms with E-state index in [-0.39, 0.29) is 11.2 Å². The summed E-state index contributed by atoms with van der Waals surface area (Å²) in [6, 6.07) is 10.1. The molecular formula is C20H23N5O2. The topological polar surface area (TPSA) is 66.2 Å². The van der Waals surface area contributed by atoms with Gasteiger partial charge in [0.2, 0.25) is 5.78 Å². The molecule has 0 fully saturated rings. The van der Waals surface area contributed by atoms with Crippen molar-refractivity contribution in [3.63, 3.8) is 0 Å². The number of nitrogens with zero attached hydrogens (tertiary/aromatic N) is 5. The highest BCUT2D eigenvalue weighted by Crippen LogP contribution is 2.25. The zero-order valence-corrected chi connectivity index (χ0v) is 15.8. The molecule has 0 saturated carbocycles. The molecule has 0 aliphatic rings. The number of aryl methyl sites for hydroxylation is 2. The predicted molar refractivity (Wildman–Crippen MR) is 106 cm³/mol. The quantitative estimate of drug-likeness (QED) is 0.511. The molecule has 140 valence electrons. The second-order valence-corrected chi connectivity index (χ2v) is 6.90. The van der Waals surface area contributed by atoms with Crippen molar-refractivity contribution in [3.05, 3.63) is 57.4 Å². The Bertz CT molecular complexity index is 1240. The van der Waals surface area contributed by atoms with E-state index in [1.54, 1.807) is 7.05 Å². The molecule has 4 aromatic rings. The van der Waals surface area contributed by atoms with Crippen molar-refractivity contribution in [2.75, 3.05) is 0 Å². The van der Waals surface area contributed by atoms with E-state index in [9.17, 15) is 9.59 Å². The highest BCUT2D eigenvalue weighted by atomic mass is 16.2. The molecule has 7 nitrogen and oxygen atoms in total. The minimum absolute atomic E-state index is 0.328. The van der Waals surface area contributed by atoms with E-state index < -0.39 is 0 Å². The van der Waals surface area contributed by atoms with Gasteiger partial charge in [-0.1, -0.05) is 50.1 Å². The van der Waals surface area contributed by atoms with E-state index in [0.717, 1.165) is 41.6 Å². The average Bonchev–Trinajstić information content (AvgIpc) is 3.22. The first-order valence-electron chi connectivity index (χ1n) is 9.27. The molecular weight excluding hydrogens is 342 g/mol. The number of hydrogen-bond donors (Lipinski definition) is 0. The van der Waals surface area contributed by atoms with Crippen LogP contribution >= 0.6 is 0 Å². The van der Waals surface area contributed by atoms with Crippen molar-refractivity contribution < 1.29 is 0 Å². The molecule has 3 aromatic heterocycles. The van der Waals surface area contributed by atoms with Crippen LogP contribution < -0.4 is 11.2 Å². The molecule has 0 N–H and O–H groups in total. The predicted octanol–water partition coefficient (Wildman–Crippen LogP) is 2.54. The SMILES string of the molecule is CCCCCn1c(-c2ccccc2)cn2c3c(=O)n(C)c(=O)n(C)c3nc12. The second-order valence-electron chi connectivity index (χ2n) is 6.90. The minimum Gasteiger partial charge on any atom is -0.310 e. The van der Waals surface area contributed by atoms with Crippen LogP contribution in [-0.4, -0.2) is 23.1 Å². The number of imidazole rings is 2. The molecule has 0 radical (unpaired) electrons. The molecule has 0 aliphatic heterocycles. The molecule has 27 heavy (non-hydrogen) atoms. The first kappa shape index (κ1) is 17.3. The Labute approximate surface area is 156 Å². The van der Waals surface area contributed by atoms with Crippen LogP contribution in [0.5, 0.6) is 0 Å². The lowest BCUT2D eigenvalue weighted by atomic mass is 10.1. The fourth-order valence-electron chi connectivity index (χ4n) is 3.60. The highest BCUT2D eigenvalue weighted by Gasteiger charge is 2.20. The Morgan fingerprint density at radius 2 is 1.74 bits per heavy atom. The average molecular weight is 365 g/mol. The second kappa shape index (κ2) is 6.57. The summed E-state index contributed by atoms with van der Waals surface area (Å²) in [6.07, 6.45) is 5.24. The minimum atomic E-state index is -0.367. The molecule has 0 saturated heterocycles. The van der Waals surface area contributed by atoms with Crippen molar-refractivity contribution in [1.82, 2.24) is 23.1 Å². The maximum absolute atomic E-state index is 12.8. The number of hydrogen-bond acceptors (Lipinski definition) is 3. The van der Waals surface area contributed by atoms with Gasteiger partial charge in [0.1, 0.15) is 0 Å². The van der Waals surface area contributed by atoms with E-state index in [1.165, 1.54) is 11.6 Å². The van der Waals surface area contributed by atoms with Crippen LogP contribution in [0.15, 0.2) is 46.1 Å². The van der Waals surface area contributed by atoms with Gasteiger partial charge in [0.15, 0.2) is 11.2 Å². The van der Waals surface area contributed by atoms with E-state index >= 15 is 0 Å². The van der Waals surface area contributed by atoms with Crippen LogP contribution in [0.25, 0.3) is 28.2 Å². The number of benzene rings is 1. The van der Waals surface area contributed by atoms with Crippen LogP contribution in [-0.2, 0) is 20.6 Å². The molecule has 0 aliphatic carbocycles. The zero-order valence-electron chi connectivity index (χ0n) is 15.8. The van der Waals surface area contributed by atoms with Gasteiger partial charge in [-0.25, -0.2) is 4.79 Å². The lowest BCUT2D eigenvalue weighted by Crippen LogP contribution is -2.37. The molecule has 0 unspecified atom stereocenters. The lowest BCUT2D eigenvalue weighted by molar-refractivity contribution is 0.615. The summed E-state index contributed by atoms with van der Waals surface area (Å²) >= 11 is 0. The Balaban J connectivity index is 2.06. The van der Waals surface area contributed by atoms with Crippen LogP contribution in [0.2, 0.25) is 0 Å². The summed E-state index contributed by atoms with van der Waals surface area (Å²) in [6.45, 7) is 2.98. The third-order valence-electron chi connectivity index (χ3n) is 5.11. The standard InChI is InChI=1S/C20H23N5O2/c1-4-5-9-12-24-15(14-10-7-6-8-11-14)13-25-16-17(21-19(24)25)22(2)20(27)23(3)18(16)26/h6-8,10-11,13H,4-5,9,12H2,1-3H3. The summed E-state index contributed by atoms with van der Waals surface area (Å²) in [5.41, 5.74) is 2.25. The van der Waals surface area contributed by atoms with Gasteiger partial charge in [-0.2, -0.15) is 4.98 Å². The fourth-order valence-corrected chi connectivity index (χ4v) is 3.60. The third kappa shape index (κ3) is 2.61. The molecule has 0 atom stereocenters. The summed E-state index contributed by atoms with van der Waals surface area (Å²) < 4.78 is 6.54. The molecule has 0 amide bonds. The van der Waals surface area contributed by atoms with Gasteiger partial charge < -0.3 is 4.57 Å². The molecule has 0 spiro atoms. The number of aromatic nitrogens is 5. The van der Waals surface area contributed by atoms with Gasteiger partial charge in [-0.05, 0) is 12.0 Å². The van der Waals surface area contributed by atoms with Crippen LogP contribution in [0.4, 0.5) is 0 Å². The van der Waals surface area contributed by atoms with Crippen molar-refractivity contribution in [3.8, 4) is 11.3 Å². The Morgan fingerprint density at radius 1 is 1.00 bits per heavy atom. The molecule has 7 heteroatoms. The van der Waals surface area contributed by atoms with E-state index in [4.69, 9.17) is 0 Å². The smallest absolute Gasteiger partial charge is 0.310 e. The van der Waals surface area contributed by atoms with Gasteiger partial charge in [0.25, 0.3) is 5.56 Å². The van der Waals surface area contributed by atoms with Gasteiger partial charge in [0, 0.05) is 26.8 Å². The van der Waals surface area contributed by atoms with E-state index in [1.807, 2.05) is 28.8 Å². The maximum atomic E-state index is 12.8. The maximum Gasteiger partial charge on any atom is 0.332 e.